The smallest absolute Gasteiger partial charge is 0.0664 e. The monoisotopic (exact) mass is 185 g/mol. The highest BCUT2D eigenvalue weighted by Crippen LogP contribution is 2.19. The molecule has 0 aromatic heterocycles. The third kappa shape index (κ3) is 3.28. The van der Waals surface area contributed by atoms with Crippen LogP contribution in [0.1, 0.15) is 46.0 Å². The van der Waals surface area contributed by atoms with Crippen molar-refractivity contribution in [3.63, 3.8) is 0 Å². The number of hydrogen-bond acceptors (Lipinski definition) is 2. The number of aliphatic hydroxyl groups excluding tert-OH is 1. The first-order valence-corrected chi connectivity index (χ1v) is 5.70. The molecule has 0 saturated carbocycles. The molecular formula is C11H23NO. The molecule has 1 heterocycles. The van der Waals surface area contributed by atoms with Gasteiger partial charge in [0.15, 0.2) is 0 Å². The second-order valence-electron chi connectivity index (χ2n) is 4.11. The van der Waals surface area contributed by atoms with Crippen molar-refractivity contribution < 1.29 is 5.11 Å². The molecule has 0 radical (unpaired) electrons. The fourth-order valence-electron chi connectivity index (χ4n) is 2.16. The SMILES string of the molecule is CCC(O)CN1CCCCC1CC. The van der Waals surface area contributed by atoms with Crippen LogP contribution in [0.15, 0.2) is 0 Å². The van der Waals surface area contributed by atoms with Gasteiger partial charge in [-0.05, 0) is 32.2 Å². The Labute approximate surface area is 81.9 Å². The van der Waals surface area contributed by atoms with Crippen LogP contribution >= 0.6 is 0 Å². The van der Waals surface area contributed by atoms with Crippen LogP contribution in [0.25, 0.3) is 0 Å². The Morgan fingerprint density at radius 1 is 1.38 bits per heavy atom. The topological polar surface area (TPSA) is 23.5 Å². The molecule has 1 fully saturated rings. The summed E-state index contributed by atoms with van der Waals surface area (Å²) in [6.45, 7) is 6.38. The van der Waals surface area contributed by atoms with Gasteiger partial charge in [-0.25, -0.2) is 0 Å². The number of piperidine rings is 1. The van der Waals surface area contributed by atoms with Gasteiger partial charge in [0.2, 0.25) is 0 Å². The average molecular weight is 185 g/mol. The largest absolute Gasteiger partial charge is 0.392 e. The predicted molar refractivity (Wildman–Crippen MR) is 55.8 cm³/mol. The number of β-amino-alcohol motifs (C(OH)–C–C–N with tert-alkyl or cyclic N) is 1. The molecule has 2 unspecified atom stereocenters. The fourth-order valence-corrected chi connectivity index (χ4v) is 2.16. The van der Waals surface area contributed by atoms with Crippen LogP contribution in [-0.4, -0.2) is 35.2 Å². The highest BCUT2D eigenvalue weighted by atomic mass is 16.3. The Balaban J connectivity index is 2.35. The van der Waals surface area contributed by atoms with Crippen LogP contribution in [0.4, 0.5) is 0 Å². The molecule has 0 bridgehead atoms. The van der Waals surface area contributed by atoms with Crippen molar-refractivity contribution >= 4 is 0 Å². The van der Waals surface area contributed by atoms with Crippen molar-refractivity contribution in [1.29, 1.82) is 0 Å². The van der Waals surface area contributed by atoms with E-state index in [1.165, 1.54) is 32.2 Å². The van der Waals surface area contributed by atoms with Gasteiger partial charge >= 0.3 is 0 Å². The molecule has 2 nitrogen and oxygen atoms in total. The maximum atomic E-state index is 9.58. The van der Waals surface area contributed by atoms with Gasteiger partial charge in [-0.1, -0.05) is 20.3 Å². The Kier molecular flexibility index (Phi) is 4.74. The zero-order chi connectivity index (χ0) is 9.68. The highest BCUT2D eigenvalue weighted by molar-refractivity contribution is 4.77. The van der Waals surface area contributed by atoms with Gasteiger partial charge in [0.1, 0.15) is 0 Å². The van der Waals surface area contributed by atoms with E-state index in [-0.39, 0.29) is 6.10 Å². The van der Waals surface area contributed by atoms with Crippen molar-refractivity contribution in [1.82, 2.24) is 4.90 Å². The fraction of sp³-hybridized carbons (Fsp3) is 1.00. The van der Waals surface area contributed by atoms with Gasteiger partial charge in [0.25, 0.3) is 0 Å². The van der Waals surface area contributed by atoms with Gasteiger partial charge in [0, 0.05) is 12.6 Å². The van der Waals surface area contributed by atoms with Crippen LogP contribution < -0.4 is 0 Å². The average Bonchev–Trinajstić information content (AvgIpc) is 2.18. The predicted octanol–water partition coefficient (Wildman–Crippen LogP) is 2.02. The number of aliphatic hydroxyl groups is 1. The highest BCUT2D eigenvalue weighted by Gasteiger charge is 2.21. The maximum Gasteiger partial charge on any atom is 0.0664 e. The standard InChI is InChI=1S/C11H23NO/c1-3-10-7-5-6-8-12(10)9-11(13)4-2/h10-11,13H,3-9H2,1-2H3. The van der Waals surface area contributed by atoms with E-state index in [1.54, 1.807) is 0 Å². The van der Waals surface area contributed by atoms with Gasteiger partial charge in [-0.2, -0.15) is 0 Å². The Morgan fingerprint density at radius 2 is 2.15 bits per heavy atom. The van der Waals surface area contributed by atoms with E-state index in [1.807, 2.05) is 0 Å². The Bertz CT molecular complexity index is 138. The van der Waals surface area contributed by atoms with Crippen molar-refractivity contribution in [2.24, 2.45) is 0 Å². The lowest BCUT2D eigenvalue weighted by molar-refractivity contribution is 0.0641. The lowest BCUT2D eigenvalue weighted by Gasteiger charge is -2.36. The van der Waals surface area contributed by atoms with Crippen LogP contribution in [0.3, 0.4) is 0 Å². The minimum Gasteiger partial charge on any atom is -0.392 e. The summed E-state index contributed by atoms with van der Waals surface area (Å²) in [4.78, 5) is 2.47. The lowest BCUT2D eigenvalue weighted by Crippen LogP contribution is -2.43. The quantitative estimate of drug-likeness (QED) is 0.724. The summed E-state index contributed by atoms with van der Waals surface area (Å²) in [5.41, 5.74) is 0. The molecule has 2 heteroatoms. The maximum absolute atomic E-state index is 9.58. The summed E-state index contributed by atoms with van der Waals surface area (Å²) in [6.07, 6.45) is 6.01. The van der Waals surface area contributed by atoms with Crippen LogP contribution in [0.5, 0.6) is 0 Å². The first-order chi connectivity index (χ1) is 6.27. The third-order valence-electron chi connectivity index (χ3n) is 3.14. The zero-order valence-electron chi connectivity index (χ0n) is 9.00. The van der Waals surface area contributed by atoms with Gasteiger partial charge < -0.3 is 5.11 Å². The molecule has 0 spiro atoms. The molecule has 1 saturated heterocycles. The summed E-state index contributed by atoms with van der Waals surface area (Å²) in [7, 11) is 0. The molecule has 13 heavy (non-hydrogen) atoms. The summed E-state index contributed by atoms with van der Waals surface area (Å²) in [5, 5.41) is 9.58. The van der Waals surface area contributed by atoms with E-state index < -0.39 is 0 Å². The molecule has 0 aliphatic carbocycles. The van der Waals surface area contributed by atoms with Crippen molar-refractivity contribution in [2.75, 3.05) is 13.1 Å². The minimum absolute atomic E-state index is 0.118. The molecule has 1 N–H and O–H groups in total. The van der Waals surface area contributed by atoms with Crippen molar-refractivity contribution in [2.45, 2.75) is 58.1 Å². The van der Waals surface area contributed by atoms with Gasteiger partial charge in [0.05, 0.1) is 6.10 Å². The Hall–Kier alpha value is -0.0800. The molecule has 0 aromatic carbocycles. The molecule has 0 amide bonds. The summed E-state index contributed by atoms with van der Waals surface area (Å²) >= 11 is 0. The molecular weight excluding hydrogens is 162 g/mol. The molecule has 1 aliphatic rings. The van der Waals surface area contributed by atoms with Crippen LogP contribution in [-0.2, 0) is 0 Å². The lowest BCUT2D eigenvalue weighted by atomic mass is 9.99. The van der Waals surface area contributed by atoms with Crippen molar-refractivity contribution in [3.05, 3.63) is 0 Å². The summed E-state index contributed by atoms with van der Waals surface area (Å²) < 4.78 is 0. The van der Waals surface area contributed by atoms with Gasteiger partial charge in [-0.15, -0.1) is 0 Å². The zero-order valence-corrected chi connectivity index (χ0v) is 9.00. The molecule has 0 aromatic rings. The van der Waals surface area contributed by atoms with E-state index in [0.29, 0.717) is 0 Å². The van der Waals surface area contributed by atoms with E-state index >= 15 is 0 Å². The van der Waals surface area contributed by atoms with Gasteiger partial charge in [-0.3, -0.25) is 4.90 Å². The first-order valence-electron chi connectivity index (χ1n) is 5.70. The number of hydrogen-bond donors (Lipinski definition) is 1. The summed E-state index contributed by atoms with van der Waals surface area (Å²) in [5.74, 6) is 0. The number of likely N-dealkylation sites (tertiary alicyclic amines) is 1. The second-order valence-corrected chi connectivity index (χ2v) is 4.11. The third-order valence-corrected chi connectivity index (χ3v) is 3.14. The second kappa shape index (κ2) is 5.61. The first kappa shape index (κ1) is 11.0. The van der Waals surface area contributed by atoms with Crippen LogP contribution in [0, 0.1) is 0 Å². The molecule has 78 valence electrons. The van der Waals surface area contributed by atoms with E-state index in [2.05, 4.69) is 18.7 Å². The van der Waals surface area contributed by atoms with E-state index in [9.17, 15) is 5.11 Å². The molecule has 1 rings (SSSR count). The Morgan fingerprint density at radius 3 is 2.77 bits per heavy atom. The minimum atomic E-state index is -0.118. The molecule has 1 aliphatic heterocycles. The van der Waals surface area contributed by atoms with E-state index in [4.69, 9.17) is 0 Å². The normalized spacial score (nSPS) is 27.5. The number of rotatable bonds is 4. The van der Waals surface area contributed by atoms with Crippen LogP contribution in [0.2, 0.25) is 0 Å². The van der Waals surface area contributed by atoms with E-state index in [0.717, 1.165) is 19.0 Å². The molecule has 2 atom stereocenters. The number of nitrogens with zero attached hydrogens (tertiary/aromatic N) is 1. The summed E-state index contributed by atoms with van der Waals surface area (Å²) in [6, 6.07) is 0.731. The van der Waals surface area contributed by atoms with Crippen molar-refractivity contribution in [3.8, 4) is 0 Å².